The first-order chi connectivity index (χ1) is 22.3. The molecule has 0 aromatic heterocycles. The molecule has 3 saturated heterocycles. The summed E-state index contributed by atoms with van der Waals surface area (Å²) in [6, 6.07) is 11.9. The molecule has 6 rings (SSSR count). The van der Waals surface area contributed by atoms with E-state index in [1.54, 1.807) is 4.90 Å². The van der Waals surface area contributed by atoms with Gasteiger partial charge in [0.25, 0.3) is 5.91 Å². The Morgan fingerprint density at radius 3 is 2.24 bits per heavy atom. The van der Waals surface area contributed by atoms with Crippen LogP contribution in [0.2, 0.25) is 0 Å². The third-order valence-electron chi connectivity index (χ3n) is 10.1. The van der Waals surface area contributed by atoms with Gasteiger partial charge < -0.3 is 34.6 Å². The van der Waals surface area contributed by atoms with Crippen LogP contribution < -0.4 is 16.2 Å². The number of fused-ring (bicyclic) bond motifs is 1. The fraction of sp³-hybridized carbons (Fsp3) is 0.545. The summed E-state index contributed by atoms with van der Waals surface area (Å²) in [6.07, 6.45) is 2.59. The molecule has 1 atom stereocenters. The highest BCUT2D eigenvalue weighted by Gasteiger charge is 2.36. The number of piperidine rings is 2. The highest BCUT2D eigenvalue weighted by molar-refractivity contribution is 6.41. The number of hydrogen-bond acceptors (Lipinski definition) is 7. The molecule has 0 saturated carbocycles. The summed E-state index contributed by atoms with van der Waals surface area (Å²) < 4.78 is 11.6. The molecule has 4 amide bonds. The number of ether oxygens (including phenoxy) is 2. The van der Waals surface area contributed by atoms with Gasteiger partial charge in [-0.2, -0.15) is 0 Å². The molecule has 13 heteroatoms. The number of rotatable bonds is 6. The lowest BCUT2D eigenvalue weighted by atomic mass is 9.83. The molecule has 0 unspecified atom stereocenters. The van der Waals surface area contributed by atoms with Crippen LogP contribution in [0.15, 0.2) is 36.4 Å². The van der Waals surface area contributed by atoms with Crippen LogP contribution in [0.4, 0.5) is 15.3 Å². The Hall–Kier alpha value is -3.70. The zero-order valence-corrected chi connectivity index (χ0v) is 27.1. The second-order valence-electron chi connectivity index (χ2n) is 13.1. The zero-order valence-electron chi connectivity index (χ0n) is 27.1. The number of phenols is 1. The molecule has 2 N–H and O–H groups in total. The predicted molar refractivity (Wildman–Crippen MR) is 181 cm³/mol. The minimum Gasteiger partial charge on any atom is -0.509 e. The molecule has 0 radical (unpaired) electrons. The summed E-state index contributed by atoms with van der Waals surface area (Å²) in [4.78, 5) is 48.4. The van der Waals surface area contributed by atoms with Crippen molar-refractivity contribution in [1.82, 2.24) is 19.6 Å². The standard InChI is InChI=1S/C33H45B2N5O6/c34-26-19-22(20-27(35)30(26)41)21-29(31(42)38-10-6-24(7-11-38)37-15-17-45-18-16-37)46-33(44)39-12-8-25(9-13-39)40-14-5-23-3-1-2-4-28(23)36-32(40)43/h1-4,19-20,24-25,29,41H,5-18,21,34-35H2,(H,36,43)/t29-/m1/s1. The van der Waals surface area contributed by atoms with Crippen molar-refractivity contribution in [3.05, 3.63) is 47.5 Å². The number of nitrogens with one attached hydrogen (secondary N) is 1. The summed E-state index contributed by atoms with van der Waals surface area (Å²) in [7, 11) is 3.66. The Labute approximate surface area is 273 Å². The number of anilines is 1. The van der Waals surface area contributed by atoms with E-state index < -0.39 is 12.2 Å². The normalized spacial score (nSPS) is 20.9. The number of carbonyl (C=O) groups is 3. The Balaban J connectivity index is 1.09. The van der Waals surface area contributed by atoms with E-state index in [1.807, 2.05) is 61.9 Å². The minimum atomic E-state index is -0.969. The fourth-order valence-electron chi connectivity index (χ4n) is 7.45. The number of aromatic hydroxyl groups is 1. The smallest absolute Gasteiger partial charge is 0.410 e. The van der Waals surface area contributed by atoms with Crippen LogP contribution in [0.1, 0.15) is 36.8 Å². The predicted octanol–water partition coefficient (Wildman–Crippen LogP) is -0.165. The van der Waals surface area contributed by atoms with Crippen LogP contribution >= 0.6 is 0 Å². The molecule has 4 heterocycles. The number of urea groups is 1. The van der Waals surface area contributed by atoms with Crippen LogP contribution in [-0.2, 0) is 27.1 Å². The van der Waals surface area contributed by atoms with E-state index in [1.165, 1.54) is 0 Å². The monoisotopic (exact) mass is 629 g/mol. The van der Waals surface area contributed by atoms with Crippen molar-refractivity contribution in [2.45, 2.75) is 56.7 Å². The topological polar surface area (TPSA) is 115 Å². The van der Waals surface area contributed by atoms with Gasteiger partial charge in [-0.05, 0) is 60.2 Å². The summed E-state index contributed by atoms with van der Waals surface area (Å²) in [6.45, 7) is 6.11. The van der Waals surface area contributed by atoms with E-state index in [0.29, 0.717) is 51.6 Å². The number of nitrogens with zero attached hydrogens (tertiary/aromatic N) is 4. The zero-order chi connectivity index (χ0) is 32.2. The fourth-order valence-corrected chi connectivity index (χ4v) is 7.45. The number of phenolic OH excluding ortho intramolecular Hbond substituents is 1. The van der Waals surface area contributed by atoms with Gasteiger partial charge in [0, 0.05) is 70.0 Å². The van der Waals surface area contributed by atoms with Crippen molar-refractivity contribution >= 4 is 50.3 Å². The molecule has 46 heavy (non-hydrogen) atoms. The molecular weight excluding hydrogens is 584 g/mol. The summed E-state index contributed by atoms with van der Waals surface area (Å²) >= 11 is 0. The molecule has 4 aliphatic heterocycles. The van der Waals surface area contributed by atoms with Crippen molar-refractivity contribution < 1.29 is 29.0 Å². The van der Waals surface area contributed by atoms with E-state index in [9.17, 15) is 19.5 Å². The van der Waals surface area contributed by atoms with Crippen molar-refractivity contribution in [1.29, 1.82) is 0 Å². The van der Waals surface area contributed by atoms with Gasteiger partial charge in [-0.15, -0.1) is 0 Å². The van der Waals surface area contributed by atoms with Crippen LogP contribution in [0.3, 0.4) is 0 Å². The lowest BCUT2D eigenvalue weighted by molar-refractivity contribution is -0.142. The molecule has 244 valence electrons. The van der Waals surface area contributed by atoms with Gasteiger partial charge in [-0.3, -0.25) is 9.69 Å². The third-order valence-corrected chi connectivity index (χ3v) is 10.1. The number of likely N-dealkylation sites (tertiary alicyclic amines) is 2. The molecular formula is C33H45B2N5O6. The number of para-hydroxylation sites is 1. The first-order valence-electron chi connectivity index (χ1n) is 16.8. The molecule has 11 nitrogen and oxygen atoms in total. The highest BCUT2D eigenvalue weighted by atomic mass is 16.6. The molecule has 0 aliphatic carbocycles. The number of amides is 4. The van der Waals surface area contributed by atoms with Gasteiger partial charge in [0.05, 0.1) is 13.2 Å². The maximum Gasteiger partial charge on any atom is 0.410 e. The lowest BCUT2D eigenvalue weighted by Gasteiger charge is -2.41. The molecule has 0 bridgehead atoms. The van der Waals surface area contributed by atoms with Gasteiger partial charge >= 0.3 is 12.1 Å². The Morgan fingerprint density at radius 1 is 0.913 bits per heavy atom. The molecule has 3 fully saturated rings. The van der Waals surface area contributed by atoms with Crippen molar-refractivity contribution in [2.24, 2.45) is 0 Å². The van der Waals surface area contributed by atoms with Gasteiger partial charge in [0.15, 0.2) is 6.10 Å². The van der Waals surface area contributed by atoms with Crippen LogP contribution in [0.25, 0.3) is 0 Å². The first kappa shape index (κ1) is 32.2. The number of hydrogen-bond donors (Lipinski definition) is 2. The number of carbonyl (C=O) groups excluding carboxylic acids is 3. The van der Waals surface area contributed by atoms with Gasteiger partial charge in [0.2, 0.25) is 0 Å². The summed E-state index contributed by atoms with van der Waals surface area (Å²) in [5, 5.41) is 13.4. The van der Waals surface area contributed by atoms with Gasteiger partial charge in [-0.25, -0.2) is 9.59 Å². The van der Waals surface area contributed by atoms with E-state index in [-0.39, 0.29) is 30.2 Å². The first-order valence-corrected chi connectivity index (χ1v) is 16.8. The van der Waals surface area contributed by atoms with E-state index in [4.69, 9.17) is 9.47 Å². The maximum absolute atomic E-state index is 14.0. The minimum absolute atomic E-state index is 0.0199. The summed E-state index contributed by atoms with van der Waals surface area (Å²) in [5.41, 5.74) is 4.27. The molecule has 0 spiro atoms. The summed E-state index contributed by atoms with van der Waals surface area (Å²) in [5.74, 6) is 0.0616. The second-order valence-corrected chi connectivity index (χ2v) is 13.1. The van der Waals surface area contributed by atoms with Crippen molar-refractivity contribution in [3.63, 3.8) is 0 Å². The van der Waals surface area contributed by atoms with Crippen LogP contribution in [0.5, 0.6) is 5.75 Å². The van der Waals surface area contributed by atoms with Gasteiger partial charge in [0.1, 0.15) is 21.4 Å². The Kier molecular flexibility index (Phi) is 10.1. The van der Waals surface area contributed by atoms with E-state index >= 15 is 0 Å². The molecule has 2 aromatic rings. The molecule has 4 aliphatic rings. The van der Waals surface area contributed by atoms with Gasteiger partial charge in [-0.1, -0.05) is 30.3 Å². The van der Waals surface area contributed by atoms with E-state index in [0.717, 1.165) is 73.3 Å². The quantitative estimate of drug-likeness (QED) is 0.427. The van der Waals surface area contributed by atoms with Crippen LogP contribution in [-0.4, -0.2) is 136 Å². The van der Waals surface area contributed by atoms with E-state index in [2.05, 4.69) is 10.2 Å². The highest BCUT2D eigenvalue weighted by Crippen LogP contribution is 2.26. The second kappa shape index (κ2) is 14.4. The SMILES string of the molecule is Bc1cc(C[C@@H](OC(=O)N2CCC(N3CCc4ccccc4NC3=O)CC2)C(=O)N2CCC(N3CCOCC3)CC2)cc(B)c1O. The average Bonchev–Trinajstić information content (AvgIpc) is 3.25. The average molecular weight is 629 g/mol. The lowest BCUT2D eigenvalue weighted by Crippen LogP contribution is -2.53. The third kappa shape index (κ3) is 7.31. The largest absolute Gasteiger partial charge is 0.509 e. The van der Waals surface area contributed by atoms with Crippen LogP contribution in [0, 0.1) is 0 Å². The number of benzene rings is 2. The maximum atomic E-state index is 14.0. The van der Waals surface area contributed by atoms with Crippen molar-refractivity contribution in [2.75, 3.05) is 64.3 Å². The number of morpholine rings is 1. The Bertz CT molecular complexity index is 1400. The molecule has 2 aromatic carbocycles. The van der Waals surface area contributed by atoms with Crippen molar-refractivity contribution in [3.8, 4) is 5.75 Å². The Morgan fingerprint density at radius 2 is 1.54 bits per heavy atom.